The van der Waals surface area contributed by atoms with Crippen LogP contribution in [0.2, 0.25) is 0 Å². The lowest BCUT2D eigenvalue weighted by Gasteiger charge is -2.12. The average Bonchev–Trinajstić information content (AvgIpc) is 3.02. The molecule has 0 amide bonds. The van der Waals surface area contributed by atoms with E-state index in [1.54, 1.807) is 18.4 Å². The van der Waals surface area contributed by atoms with Gasteiger partial charge in [0.2, 0.25) is 0 Å². The lowest BCUT2D eigenvalue weighted by molar-refractivity contribution is 0.322. The van der Waals surface area contributed by atoms with Crippen LogP contribution in [0.15, 0.2) is 50.6 Å². The predicted molar refractivity (Wildman–Crippen MR) is 108 cm³/mol. The van der Waals surface area contributed by atoms with Crippen molar-refractivity contribution in [1.29, 1.82) is 0 Å². The number of hydrogen-bond donors (Lipinski definition) is 2. The number of halogens is 2. The highest BCUT2D eigenvalue weighted by molar-refractivity contribution is 14.0. The molecule has 0 aliphatic rings. The summed E-state index contributed by atoms with van der Waals surface area (Å²) in [6.45, 7) is 2.05. The summed E-state index contributed by atoms with van der Waals surface area (Å²) in [7, 11) is 1.76. The fraction of sp³-hybridized carbons (Fsp3) is 0.267. The van der Waals surface area contributed by atoms with Crippen LogP contribution in [0.25, 0.3) is 0 Å². The zero-order valence-electron chi connectivity index (χ0n) is 12.2. The molecular formula is C15H19BrIN3OS. The molecule has 0 spiro atoms. The van der Waals surface area contributed by atoms with Gasteiger partial charge in [0.15, 0.2) is 5.96 Å². The monoisotopic (exact) mass is 495 g/mol. The highest BCUT2D eigenvalue weighted by Gasteiger charge is 1.99. The zero-order chi connectivity index (χ0) is 14.9. The van der Waals surface area contributed by atoms with Gasteiger partial charge in [-0.15, -0.1) is 24.0 Å². The number of rotatable bonds is 6. The molecule has 2 N–H and O–H groups in total. The van der Waals surface area contributed by atoms with Crippen molar-refractivity contribution in [2.75, 3.05) is 20.2 Å². The minimum atomic E-state index is 0. The second-order valence-corrected chi connectivity index (χ2v) is 5.98. The van der Waals surface area contributed by atoms with Gasteiger partial charge >= 0.3 is 0 Å². The third kappa shape index (κ3) is 6.97. The van der Waals surface area contributed by atoms with E-state index in [0.717, 1.165) is 22.7 Å². The SMILES string of the molecule is CN=C(NCCOc1ccc(Br)cc1)NCc1ccsc1.I. The largest absolute Gasteiger partial charge is 0.492 e. The molecule has 0 saturated heterocycles. The topological polar surface area (TPSA) is 45.7 Å². The van der Waals surface area contributed by atoms with E-state index < -0.39 is 0 Å². The number of nitrogens with zero attached hydrogens (tertiary/aromatic N) is 1. The summed E-state index contributed by atoms with van der Waals surface area (Å²) in [6.07, 6.45) is 0. The Bertz CT molecular complexity index is 561. The Kier molecular flexibility index (Phi) is 9.49. The van der Waals surface area contributed by atoms with Gasteiger partial charge in [-0.25, -0.2) is 0 Å². The third-order valence-corrected chi connectivity index (χ3v) is 4.00. The highest BCUT2D eigenvalue weighted by atomic mass is 127. The van der Waals surface area contributed by atoms with Gasteiger partial charge in [0.25, 0.3) is 0 Å². The van der Waals surface area contributed by atoms with Gasteiger partial charge < -0.3 is 15.4 Å². The van der Waals surface area contributed by atoms with E-state index in [-0.39, 0.29) is 24.0 Å². The van der Waals surface area contributed by atoms with Crippen molar-refractivity contribution < 1.29 is 4.74 Å². The maximum Gasteiger partial charge on any atom is 0.191 e. The first-order chi connectivity index (χ1) is 10.3. The maximum absolute atomic E-state index is 5.64. The molecule has 0 aliphatic carbocycles. The Balaban J connectivity index is 0.00000242. The Hall–Kier alpha value is -0.800. The molecule has 2 rings (SSSR count). The summed E-state index contributed by atoms with van der Waals surface area (Å²) in [4.78, 5) is 4.18. The molecule has 0 aliphatic heterocycles. The van der Waals surface area contributed by atoms with Crippen LogP contribution in [0.1, 0.15) is 5.56 Å². The molecule has 1 heterocycles. The molecule has 1 aromatic heterocycles. The van der Waals surface area contributed by atoms with Crippen molar-refractivity contribution in [3.05, 3.63) is 51.1 Å². The number of benzene rings is 1. The lowest BCUT2D eigenvalue weighted by atomic mass is 10.3. The molecule has 0 radical (unpaired) electrons. The van der Waals surface area contributed by atoms with Gasteiger partial charge in [-0.05, 0) is 46.7 Å². The molecule has 0 fully saturated rings. The molecular weight excluding hydrogens is 477 g/mol. The third-order valence-electron chi connectivity index (χ3n) is 2.74. The van der Waals surface area contributed by atoms with Gasteiger partial charge in [-0.3, -0.25) is 4.99 Å². The standard InChI is InChI=1S/C15H18BrN3OS.HI/c1-17-15(19-10-12-6-9-21-11-12)18-7-8-20-14-4-2-13(16)3-5-14;/h2-6,9,11H,7-8,10H2,1H3,(H2,17,18,19);1H. The molecule has 7 heteroatoms. The zero-order valence-corrected chi connectivity index (χ0v) is 16.9. The van der Waals surface area contributed by atoms with Crippen molar-refractivity contribution in [1.82, 2.24) is 10.6 Å². The predicted octanol–water partition coefficient (Wildman–Crippen LogP) is 3.87. The van der Waals surface area contributed by atoms with Crippen LogP contribution in [0, 0.1) is 0 Å². The normalized spacial score (nSPS) is 10.7. The van der Waals surface area contributed by atoms with Crippen LogP contribution in [-0.2, 0) is 6.54 Å². The molecule has 1 aromatic carbocycles. The van der Waals surface area contributed by atoms with E-state index in [9.17, 15) is 0 Å². The van der Waals surface area contributed by atoms with Crippen LogP contribution < -0.4 is 15.4 Å². The smallest absolute Gasteiger partial charge is 0.191 e. The summed E-state index contributed by atoms with van der Waals surface area (Å²) < 4.78 is 6.69. The van der Waals surface area contributed by atoms with E-state index in [2.05, 4.69) is 48.4 Å². The van der Waals surface area contributed by atoms with Crippen LogP contribution in [0.3, 0.4) is 0 Å². The molecule has 0 saturated carbocycles. The fourth-order valence-electron chi connectivity index (χ4n) is 1.67. The number of guanidine groups is 1. The highest BCUT2D eigenvalue weighted by Crippen LogP contribution is 2.15. The Labute approximate surface area is 160 Å². The quantitative estimate of drug-likeness (QED) is 0.277. The Morgan fingerprint density at radius 1 is 1.23 bits per heavy atom. The second-order valence-electron chi connectivity index (χ2n) is 4.29. The maximum atomic E-state index is 5.64. The molecule has 0 bridgehead atoms. The summed E-state index contributed by atoms with van der Waals surface area (Å²) in [5, 5.41) is 10.7. The molecule has 22 heavy (non-hydrogen) atoms. The number of hydrogen-bond acceptors (Lipinski definition) is 3. The summed E-state index contributed by atoms with van der Waals surface area (Å²) in [5.41, 5.74) is 1.26. The first kappa shape index (κ1) is 19.2. The average molecular weight is 496 g/mol. The first-order valence-corrected chi connectivity index (χ1v) is 8.35. The minimum Gasteiger partial charge on any atom is -0.492 e. The van der Waals surface area contributed by atoms with Crippen molar-refractivity contribution in [2.24, 2.45) is 4.99 Å². The Morgan fingerprint density at radius 2 is 2.00 bits per heavy atom. The van der Waals surface area contributed by atoms with Crippen molar-refractivity contribution in [3.63, 3.8) is 0 Å². The lowest BCUT2D eigenvalue weighted by Crippen LogP contribution is -2.38. The van der Waals surface area contributed by atoms with Gasteiger partial charge in [-0.2, -0.15) is 11.3 Å². The number of nitrogens with one attached hydrogen (secondary N) is 2. The summed E-state index contributed by atoms with van der Waals surface area (Å²) in [5.74, 6) is 1.64. The van der Waals surface area contributed by atoms with Gasteiger partial charge in [-0.1, -0.05) is 15.9 Å². The number of aliphatic imine (C=N–C) groups is 1. The molecule has 120 valence electrons. The van der Waals surface area contributed by atoms with Gasteiger partial charge in [0.1, 0.15) is 12.4 Å². The van der Waals surface area contributed by atoms with Crippen LogP contribution in [-0.4, -0.2) is 26.2 Å². The van der Waals surface area contributed by atoms with Gasteiger partial charge in [0, 0.05) is 18.1 Å². The molecule has 0 unspecified atom stereocenters. The van der Waals surface area contributed by atoms with Crippen LogP contribution >= 0.6 is 51.2 Å². The minimum absolute atomic E-state index is 0. The number of ether oxygens (including phenoxy) is 1. The van der Waals surface area contributed by atoms with E-state index in [1.165, 1.54) is 5.56 Å². The Morgan fingerprint density at radius 3 is 2.64 bits per heavy atom. The summed E-state index contributed by atoms with van der Waals surface area (Å²) in [6, 6.07) is 9.90. The summed E-state index contributed by atoms with van der Waals surface area (Å²) >= 11 is 5.09. The van der Waals surface area contributed by atoms with Crippen LogP contribution in [0.5, 0.6) is 5.75 Å². The molecule has 0 atom stereocenters. The first-order valence-electron chi connectivity index (χ1n) is 6.62. The van der Waals surface area contributed by atoms with Crippen molar-refractivity contribution >= 4 is 57.2 Å². The van der Waals surface area contributed by atoms with E-state index in [1.807, 2.05) is 24.3 Å². The fourth-order valence-corrected chi connectivity index (χ4v) is 2.60. The van der Waals surface area contributed by atoms with Crippen molar-refractivity contribution in [3.8, 4) is 5.75 Å². The van der Waals surface area contributed by atoms with E-state index in [0.29, 0.717) is 13.2 Å². The molecule has 4 nitrogen and oxygen atoms in total. The van der Waals surface area contributed by atoms with Gasteiger partial charge in [0.05, 0.1) is 6.54 Å². The number of thiophene rings is 1. The molecule has 2 aromatic rings. The van der Waals surface area contributed by atoms with Crippen LogP contribution in [0.4, 0.5) is 0 Å². The van der Waals surface area contributed by atoms with Crippen molar-refractivity contribution in [2.45, 2.75) is 6.54 Å². The van der Waals surface area contributed by atoms with E-state index >= 15 is 0 Å². The second kappa shape index (κ2) is 10.8. The van der Waals surface area contributed by atoms with E-state index in [4.69, 9.17) is 4.74 Å².